The maximum atomic E-state index is 10.7. The first-order chi connectivity index (χ1) is 12.2. The van der Waals surface area contributed by atoms with Crippen LogP contribution in [-0.2, 0) is 4.79 Å². The molecular formula is C17H14Cl3NaO6. The average molecular weight is 444 g/mol. The summed E-state index contributed by atoms with van der Waals surface area (Å²) in [4.78, 5) is 20.8. The third-order valence-electron chi connectivity index (χ3n) is 2.96. The summed E-state index contributed by atoms with van der Waals surface area (Å²) in [6, 6.07) is 7.86. The number of carboxylic acid groups (broad SMARTS) is 2. The van der Waals surface area contributed by atoms with Crippen molar-refractivity contribution >= 4 is 46.7 Å². The van der Waals surface area contributed by atoms with Gasteiger partial charge in [-0.15, -0.1) is 0 Å². The van der Waals surface area contributed by atoms with Gasteiger partial charge in [0, 0.05) is 5.02 Å². The molecule has 2 rings (SSSR count). The molecule has 0 aliphatic rings. The van der Waals surface area contributed by atoms with Crippen molar-refractivity contribution in [3.8, 4) is 11.5 Å². The molecule has 0 amide bonds. The van der Waals surface area contributed by atoms with Crippen LogP contribution >= 0.6 is 34.8 Å². The molecule has 0 radical (unpaired) electrons. The molecule has 0 saturated carbocycles. The summed E-state index contributed by atoms with van der Waals surface area (Å²) in [5.74, 6) is -1.81. The Morgan fingerprint density at radius 2 is 1.70 bits per heavy atom. The minimum Gasteiger partial charge on any atom is -0.546 e. The van der Waals surface area contributed by atoms with Crippen molar-refractivity contribution in [1.82, 2.24) is 0 Å². The van der Waals surface area contributed by atoms with Gasteiger partial charge in [0.2, 0.25) is 0 Å². The first-order valence-electron chi connectivity index (χ1n) is 7.01. The van der Waals surface area contributed by atoms with Gasteiger partial charge in [0.15, 0.2) is 5.75 Å². The SMILES string of the molecule is COc1c(Cl)ccc(Cl)c1C(=O)O.Cc1cc(Cl)ccc1OCC(=O)[O-].[Na+]. The van der Waals surface area contributed by atoms with Gasteiger partial charge >= 0.3 is 35.5 Å². The molecule has 0 atom stereocenters. The Balaban J connectivity index is 0.000000483. The van der Waals surface area contributed by atoms with E-state index in [1.807, 2.05) is 0 Å². The molecule has 10 heteroatoms. The molecule has 0 aliphatic carbocycles. The number of carbonyl (C=O) groups is 2. The van der Waals surface area contributed by atoms with E-state index in [2.05, 4.69) is 0 Å². The Kier molecular flexibility index (Phi) is 11.8. The number of ether oxygens (including phenoxy) is 2. The second-order valence-electron chi connectivity index (χ2n) is 4.81. The summed E-state index contributed by atoms with van der Waals surface area (Å²) in [5.41, 5.74) is 0.686. The third-order valence-corrected chi connectivity index (χ3v) is 3.81. The van der Waals surface area contributed by atoms with E-state index in [9.17, 15) is 14.7 Å². The molecule has 0 aromatic heterocycles. The van der Waals surface area contributed by atoms with Crippen LogP contribution in [0.5, 0.6) is 11.5 Å². The van der Waals surface area contributed by atoms with Crippen molar-refractivity contribution in [2.24, 2.45) is 0 Å². The fourth-order valence-corrected chi connectivity index (χ4v) is 2.53. The Hall–Kier alpha value is -1.15. The van der Waals surface area contributed by atoms with Crippen LogP contribution in [0.3, 0.4) is 0 Å². The first-order valence-corrected chi connectivity index (χ1v) is 8.14. The fraction of sp³-hybridized carbons (Fsp3) is 0.176. The van der Waals surface area contributed by atoms with Crippen molar-refractivity contribution in [2.75, 3.05) is 13.7 Å². The molecule has 0 saturated heterocycles. The number of hydrogen-bond acceptors (Lipinski definition) is 5. The number of halogens is 3. The van der Waals surface area contributed by atoms with E-state index in [1.165, 1.54) is 19.2 Å². The Labute approximate surface area is 193 Å². The molecule has 0 bridgehead atoms. The molecule has 0 aliphatic heterocycles. The number of carbonyl (C=O) groups excluding carboxylic acids is 1. The molecule has 0 fully saturated rings. The van der Waals surface area contributed by atoms with Crippen LogP contribution < -0.4 is 44.1 Å². The van der Waals surface area contributed by atoms with Gasteiger partial charge in [0.25, 0.3) is 0 Å². The third kappa shape index (κ3) is 8.17. The van der Waals surface area contributed by atoms with Crippen molar-refractivity contribution in [3.63, 3.8) is 0 Å². The zero-order chi connectivity index (χ0) is 19.9. The summed E-state index contributed by atoms with van der Waals surface area (Å²) in [7, 11) is 1.34. The van der Waals surface area contributed by atoms with Gasteiger partial charge in [0.05, 0.1) is 23.1 Å². The van der Waals surface area contributed by atoms with Crippen LogP contribution in [0.1, 0.15) is 15.9 Å². The van der Waals surface area contributed by atoms with Gasteiger partial charge in [-0.05, 0) is 42.8 Å². The Morgan fingerprint density at radius 1 is 1.11 bits per heavy atom. The maximum Gasteiger partial charge on any atom is 1.00 e. The quantitative estimate of drug-likeness (QED) is 0.676. The molecule has 1 N–H and O–H groups in total. The second-order valence-corrected chi connectivity index (χ2v) is 6.06. The molecule has 140 valence electrons. The number of aliphatic carboxylic acids is 1. The van der Waals surface area contributed by atoms with Crippen molar-refractivity contribution in [1.29, 1.82) is 0 Å². The molecule has 6 nitrogen and oxygen atoms in total. The Bertz CT molecular complexity index is 813. The van der Waals surface area contributed by atoms with Crippen LogP contribution in [0.2, 0.25) is 15.1 Å². The topological polar surface area (TPSA) is 95.9 Å². The number of hydrogen-bond donors (Lipinski definition) is 1. The van der Waals surface area contributed by atoms with Gasteiger partial charge < -0.3 is 24.5 Å². The van der Waals surface area contributed by atoms with Crippen molar-refractivity contribution < 1.29 is 58.8 Å². The van der Waals surface area contributed by atoms with Crippen LogP contribution in [0.25, 0.3) is 0 Å². The zero-order valence-electron chi connectivity index (χ0n) is 14.7. The number of benzene rings is 2. The number of aromatic carboxylic acids is 1. The van der Waals surface area contributed by atoms with Gasteiger partial charge in [-0.3, -0.25) is 0 Å². The van der Waals surface area contributed by atoms with E-state index in [1.54, 1.807) is 25.1 Å². The van der Waals surface area contributed by atoms with Gasteiger partial charge in [-0.1, -0.05) is 34.8 Å². The molecule has 2 aromatic carbocycles. The second kappa shape index (κ2) is 12.3. The summed E-state index contributed by atoms with van der Waals surface area (Å²) in [6.45, 7) is 1.35. The summed E-state index contributed by atoms with van der Waals surface area (Å²) < 4.78 is 9.75. The zero-order valence-corrected chi connectivity index (χ0v) is 19.0. The van der Waals surface area contributed by atoms with Crippen LogP contribution in [-0.4, -0.2) is 30.8 Å². The number of aryl methyl sites for hydroxylation is 1. The van der Waals surface area contributed by atoms with Gasteiger partial charge in [0.1, 0.15) is 17.9 Å². The van der Waals surface area contributed by atoms with E-state index < -0.39 is 18.5 Å². The summed E-state index contributed by atoms with van der Waals surface area (Å²) in [5, 5.41) is 19.8. The monoisotopic (exact) mass is 442 g/mol. The number of rotatable bonds is 5. The smallest absolute Gasteiger partial charge is 0.546 e. The molecule has 0 spiro atoms. The summed E-state index contributed by atoms with van der Waals surface area (Å²) >= 11 is 17.0. The molecule has 0 heterocycles. The molecule has 0 unspecified atom stereocenters. The molecule has 2 aromatic rings. The minimum absolute atomic E-state index is 0. The van der Waals surface area contributed by atoms with Gasteiger partial charge in [-0.25, -0.2) is 4.79 Å². The van der Waals surface area contributed by atoms with Crippen molar-refractivity contribution in [3.05, 3.63) is 56.5 Å². The number of carboxylic acids is 2. The molecular weight excluding hydrogens is 430 g/mol. The van der Waals surface area contributed by atoms with Crippen molar-refractivity contribution in [2.45, 2.75) is 6.92 Å². The largest absolute Gasteiger partial charge is 1.00 e. The molecule has 27 heavy (non-hydrogen) atoms. The standard InChI is InChI=1S/C9H9ClO3.C8H6Cl2O3.Na/c1-6-4-7(10)2-3-8(6)13-5-9(11)12;1-13-7-5(10)3-2-4(9)6(7)8(11)12;/h2-4H,5H2,1H3,(H,11,12);2-3H,1H3,(H,11,12);/q;;+1/p-1. The minimum atomic E-state index is -1.24. The first kappa shape index (κ1) is 25.9. The van der Waals surface area contributed by atoms with E-state index >= 15 is 0 Å². The van der Waals surface area contributed by atoms with Crippen LogP contribution in [0, 0.1) is 6.92 Å². The van der Waals surface area contributed by atoms with Crippen LogP contribution in [0.4, 0.5) is 0 Å². The predicted octanol–water partition coefficient (Wildman–Crippen LogP) is 0.481. The van der Waals surface area contributed by atoms with E-state index in [0.29, 0.717) is 10.8 Å². The van der Waals surface area contributed by atoms with E-state index in [0.717, 1.165) is 5.56 Å². The van der Waals surface area contributed by atoms with Crippen LogP contribution in [0.15, 0.2) is 30.3 Å². The summed E-state index contributed by atoms with van der Waals surface area (Å²) in [6.07, 6.45) is 0. The van der Waals surface area contributed by atoms with E-state index in [4.69, 9.17) is 49.4 Å². The van der Waals surface area contributed by atoms with Gasteiger partial charge in [-0.2, -0.15) is 0 Å². The number of methoxy groups -OCH3 is 1. The maximum absolute atomic E-state index is 10.7. The fourth-order valence-electron chi connectivity index (χ4n) is 1.84. The normalized spacial score (nSPS) is 9.37. The Morgan fingerprint density at radius 3 is 2.15 bits per heavy atom. The average Bonchev–Trinajstić information content (AvgIpc) is 2.56. The van der Waals surface area contributed by atoms with E-state index in [-0.39, 0.29) is 50.9 Å². The predicted molar refractivity (Wildman–Crippen MR) is 96.7 cm³/mol.